The largest absolute Gasteiger partial charge is 0.389 e. The number of carbonyl (C=O) groups excluding carboxylic acids is 1. The molecule has 1 aromatic carbocycles. The van der Waals surface area contributed by atoms with Crippen LogP contribution in [-0.4, -0.2) is 30.3 Å². The van der Waals surface area contributed by atoms with Gasteiger partial charge in [0.2, 0.25) is 5.91 Å². The van der Waals surface area contributed by atoms with Crippen molar-refractivity contribution in [3.63, 3.8) is 0 Å². The topological polar surface area (TPSA) is 58.6 Å². The molecule has 94 valence electrons. The van der Waals surface area contributed by atoms with Crippen LogP contribution < -0.4 is 5.32 Å². The zero-order valence-corrected chi connectivity index (χ0v) is 10.1. The molecular formula is C13H19NO3. The molecule has 0 saturated carbocycles. The second-order valence-electron chi connectivity index (χ2n) is 3.81. The first kappa shape index (κ1) is 13.7. The summed E-state index contributed by atoms with van der Waals surface area (Å²) >= 11 is 0. The molecule has 2 N–H and O–H groups in total. The Kier molecular flexibility index (Phi) is 6.29. The third kappa shape index (κ3) is 6.04. The van der Waals surface area contributed by atoms with Gasteiger partial charge in [-0.15, -0.1) is 0 Å². The third-order valence-electron chi connectivity index (χ3n) is 2.28. The van der Waals surface area contributed by atoms with Crippen molar-refractivity contribution in [2.45, 2.75) is 26.1 Å². The number of hydrogen-bond donors (Lipinski definition) is 2. The first-order valence-corrected chi connectivity index (χ1v) is 5.78. The standard InChI is InChI=1S/C13H19NO3/c1-2-13(16)14-8-12(15)10-17-9-11-6-4-3-5-7-11/h3-7,12,15H,2,8-10H2,1H3,(H,14,16). The van der Waals surface area contributed by atoms with Gasteiger partial charge in [-0.2, -0.15) is 0 Å². The van der Waals surface area contributed by atoms with Gasteiger partial charge in [0.05, 0.1) is 19.3 Å². The van der Waals surface area contributed by atoms with E-state index in [4.69, 9.17) is 4.74 Å². The highest BCUT2D eigenvalue weighted by molar-refractivity contribution is 5.75. The molecule has 4 nitrogen and oxygen atoms in total. The van der Waals surface area contributed by atoms with E-state index in [2.05, 4.69) is 5.32 Å². The van der Waals surface area contributed by atoms with Gasteiger partial charge in [-0.3, -0.25) is 4.79 Å². The van der Waals surface area contributed by atoms with E-state index in [0.29, 0.717) is 13.0 Å². The molecule has 1 amide bonds. The summed E-state index contributed by atoms with van der Waals surface area (Å²) in [7, 11) is 0. The van der Waals surface area contributed by atoms with Crippen molar-refractivity contribution in [2.24, 2.45) is 0 Å². The molecule has 4 heteroatoms. The second kappa shape index (κ2) is 7.81. The Bertz CT molecular complexity index is 327. The van der Waals surface area contributed by atoms with Crippen LogP contribution >= 0.6 is 0 Å². The number of ether oxygens (including phenoxy) is 1. The van der Waals surface area contributed by atoms with Crippen LogP contribution in [0.2, 0.25) is 0 Å². The fourth-order valence-electron chi connectivity index (χ4n) is 1.30. The minimum absolute atomic E-state index is 0.0629. The highest BCUT2D eigenvalue weighted by Gasteiger charge is 2.05. The number of aliphatic hydroxyl groups is 1. The second-order valence-corrected chi connectivity index (χ2v) is 3.81. The maximum absolute atomic E-state index is 10.9. The first-order valence-electron chi connectivity index (χ1n) is 5.78. The lowest BCUT2D eigenvalue weighted by Crippen LogP contribution is -2.34. The van der Waals surface area contributed by atoms with Gasteiger partial charge in [-0.05, 0) is 5.56 Å². The van der Waals surface area contributed by atoms with Gasteiger partial charge >= 0.3 is 0 Å². The van der Waals surface area contributed by atoms with Gasteiger partial charge in [0.25, 0.3) is 0 Å². The number of hydrogen-bond acceptors (Lipinski definition) is 3. The molecule has 0 aliphatic heterocycles. The molecule has 0 aromatic heterocycles. The highest BCUT2D eigenvalue weighted by atomic mass is 16.5. The van der Waals surface area contributed by atoms with Crippen LogP contribution in [0.5, 0.6) is 0 Å². The molecule has 1 rings (SSSR count). The SMILES string of the molecule is CCC(=O)NCC(O)COCc1ccccc1. The van der Waals surface area contributed by atoms with E-state index in [-0.39, 0.29) is 19.1 Å². The van der Waals surface area contributed by atoms with Gasteiger partial charge in [-0.25, -0.2) is 0 Å². The maximum atomic E-state index is 10.9. The smallest absolute Gasteiger partial charge is 0.219 e. The number of benzene rings is 1. The minimum atomic E-state index is -0.658. The number of amides is 1. The summed E-state index contributed by atoms with van der Waals surface area (Å²) in [4.78, 5) is 10.9. The lowest BCUT2D eigenvalue weighted by Gasteiger charge is -2.12. The number of carbonyl (C=O) groups is 1. The highest BCUT2D eigenvalue weighted by Crippen LogP contribution is 2.00. The molecule has 1 unspecified atom stereocenters. The van der Waals surface area contributed by atoms with Crippen molar-refractivity contribution >= 4 is 5.91 Å². The molecule has 0 fully saturated rings. The van der Waals surface area contributed by atoms with Crippen molar-refractivity contribution in [2.75, 3.05) is 13.2 Å². The van der Waals surface area contributed by atoms with Gasteiger partial charge in [0.15, 0.2) is 0 Å². The van der Waals surface area contributed by atoms with Crippen LogP contribution in [0.1, 0.15) is 18.9 Å². The summed E-state index contributed by atoms with van der Waals surface area (Å²) in [5, 5.41) is 12.1. The Labute approximate surface area is 102 Å². The van der Waals surface area contributed by atoms with Gasteiger partial charge in [0, 0.05) is 13.0 Å². The molecule has 0 heterocycles. The Morgan fingerprint density at radius 3 is 2.76 bits per heavy atom. The quantitative estimate of drug-likeness (QED) is 0.746. The normalized spacial score (nSPS) is 12.1. The fraction of sp³-hybridized carbons (Fsp3) is 0.462. The van der Waals surface area contributed by atoms with Crippen molar-refractivity contribution in [3.8, 4) is 0 Å². The zero-order valence-electron chi connectivity index (χ0n) is 10.1. The minimum Gasteiger partial charge on any atom is -0.389 e. The summed E-state index contributed by atoms with van der Waals surface area (Å²) < 4.78 is 5.35. The predicted octanol–water partition coefficient (Wildman–Crippen LogP) is 1.09. The van der Waals surface area contributed by atoms with Gasteiger partial charge in [0.1, 0.15) is 0 Å². The Balaban J connectivity index is 2.12. The van der Waals surface area contributed by atoms with Crippen LogP contribution in [0.4, 0.5) is 0 Å². The average molecular weight is 237 g/mol. The van der Waals surface area contributed by atoms with E-state index in [0.717, 1.165) is 5.56 Å². The molecule has 1 atom stereocenters. The van der Waals surface area contributed by atoms with Crippen LogP contribution in [0.25, 0.3) is 0 Å². The van der Waals surface area contributed by atoms with Crippen LogP contribution in [0.15, 0.2) is 30.3 Å². The van der Waals surface area contributed by atoms with Crippen molar-refractivity contribution < 1.29 is 14.6 Å². The summed E-state index contributed by atoms with van der Waals surface area (Å²) in [6.45, 7) is 2.70. The molecule has 17 heavy (non-hydrogen) atoms. The van der Waals surface area contributed by atoms with Gasteiger partial charge in [-0.1, -0.05) is 37.3 Å². The molecule has 0 aliphatic rings. The van der Waals surface area contributed by atoms with Crippen molar-refractivity contribution in [1.29, 1.82) is 0 Å². The maximum Gasteiger partial charge on any atom is 0.219 e. The van der Waals surface area contributed by atoms with Crippen LogP contribution in [-0.2, 0) is 16.1 Å². The molecule has 0 bridgehead atoms. The predicted molar refractivity (Wildman–Crippen MR) is 65.4 cm³/mol. The molecule has 0 spiro atoms. The van der Waals surface area contributed by atoms with E-state index in [1.807, 2.05) is 30.3 Å². The monoisotopic (exact) mass is 237 g/mol. The summed E-state index contributed by atoms with van der Waals surface area (Å²) in [5.41, 5.74) is 1.07. The van der Waals surface area contributed by atoms with Crippen LogP contribution in [0.3, 0.4) is 0 Å². The summed E-state index contributed by atoms with van der Waals surface area (Å²) in [5.74, 6) is -0.0629. The van der Waals surface area contributed by atoms with Gasteiger partial charge < -0.3 is 15.2 Å². The zero-order chi connectivity index (χ0) is 12.5. The fourth-order valence-corrected chi connectivity index (χ4v) is 1.30. The molecular weight excluding hydrogens is 218 g/mol. The van der Waals surface area contributed by atoms with Crippen LogP contribution in [0, 0.1) is 0 Å². The molecule has 1 aromatic rings. The number of nitrogens with one attached hydrogen (secondary N) is 1. The third-order valence-corrected chi connectivity index (χ3v) is 2.28. The van der Waals surface area contributed by atoms with E-state index in [1.165, 1.54) is 0 Å². The number of rotatable bonds is 7. The number of aliphatic hydroxyl groups excluding tert-OH is 1. The Hall–Kier alpha value is -1.39. The van der Waals surface area contributed by atoms with Crippen molar-refractivity contribution in [1.82, 2.24) is 5.32 Å². The van der Waals surface area contributed by atoms with E-state index < -0.39 is 6.10 Å². The molecule has 0 radical (unpaired) electrons. The average Bonchev–Trinajstić information content (AvgIpc) is 2.37. The summed E-state index contributed by atoms with van der Waals surface area (Å²) in [6, 6.07) is 9.75. The van der Waals surface area contributed by atoms with Crippen molar-refractivity contribution in [3.05, 3.63) is 35.9 Å². The lowest BCUT2D eigenvalue weighted by atomic mass is 10.2. The van der Waals surface area contributed by atoms with E-state index in [1.54, 1.807) is 6.92 Å². The Morgan fingerprint density at radius 2 is 2.12 bits per heavy atom. The summed E-state index contributed by atoms with van der Waals surface area (Å²) in [6.07, 6.45) is -0.230. The molecule has 0 saturated heterocycles. The van der Waals surface area contributed by atoms with E-state index >= 15 is 0 Å². The molecule has 0 aliphatic carbocycles. The van der Waals surface area contributed by atoms with E-state index in [9.17, 15) is 9.90 Å². The first-order chi connectivity index (χ1) is 8.22. The Morgan fingerprint density at radius 1 is 1.41 bits per heavy atom. The lowest BCUT2D eigenvalue weighted by molar-refractivity contribution is -0.121.